The van der Waals surface area contributed by atoms with E-state index in [1.54, 1.807) is 12.1 Å². The minimum Gasteiger partial charge on any atom is -0.497 e. The van der Waals surface area contributed by atoms with E-state index in [1.165, 1.54) is 23.1 Å². The predicted molar refractivity (Wildman–Crippen MR) is 115 cm³/mol. The number of ether oxygens (including phenoxy) is 1. The molecule has 148 valence electrons. The molecule has 2 aromatic carbocycles. The molecule has 7 nitrogen and oxygen atoms in total. The molecule has 0 bridgehead atoms. The van der Waals surface area contributed by atoms with E-state index in [-0.39, 0.29) is 17.7 Å². The largest absolute Gasteiger partial charge is 0.497 e. The lowest BCUT2D eigenvalue weighted by Crippen LogP contribution is -2.28. The zero-order chi connectivity index (χ0) is 20.2. The Morgan fingerprint density at radius 3 is 2.62 bits per heavy atom. The van der Waals surface area contributed by atoms with Crippen LogP contribution < -0.4 is 10.5 Å². The minimum atomic E-state index is -0.163. The van der Waals surface area contributed by atoms with Gasteiger partial charge in [-0.3, -0.25) is 4.79 Å². The van der Waals surface area contributed by atoms with Crippen molar-refractivity contribution in [2.45, 2.75) is 16.8 Å². The Morgan fingerprint density at radius 1 is 1.21 bits per heavy atom. The molecule has 0 saturated carbocycles. The van der Waals surface area contributed by atoms with Crippen LogP contribution in [0.2, 0.25) is 0 Å². The average molecular weight is 426 g/mol. The first kappa shape index (κ1) is 19.4. The van der Waals surface area contributed by atoms with Crippen LogP contribution in [-0.2, 0) is 4.79 Å². The first-order valence-corrected chi connectivity index (χ1v) is 10.7. The Hall–Kier alpha value is -2.91. The standard InChI is InChI=1S/C20H19N5O2S2/c1-27-15-9-7-14(8-10-15)17-11-16(13-5-3-2-4-6-13)24-25(17)18(26)12-28-20-23-22-19(21)29-20/h2-10,17H,11-12H2,1H3,(H2,21,22). The van der Waals surface area contributed by atoms with E-state index >= 15 is 0 Å². The molecule has 1 aliphatic rings. The molecule has 1 aliphatic heterocycles. The Bertz CT molecular complexity index is 1020. The molecule has 0 saturated heterocycles. The Balaban J connectivity index is 1.57. The summed E-state index contributed by atoms with van der Waals surface area (Å²) >= 11 is 2.59. The van der Waals surface area contributed by atoms with Gasteiger partial charge in [0.2, 0.25) is 5.13 Å². The number of aromatic nitrogens is 2. The third-order valence-electron chi connectivity index (χ3n) is 4.51. The Morgan fingerprint density at radius 2 is 1.97 bits per heavy atom. The van der Waals surface area contributed by atoms with Crippen LogP contribution in [0.15, 0.2) is 64.0 Å². The zero-order valence-corrected chi connectivity index (χ0v) is 17.3. The maximum absolute atomic E-state index is 13.0. The number of nitrogens with zero attached hydrogens (tertiary/aromatic N) is 4. The van der Waals surface area contributed by atoms with Crippen LogP contribution in [0.4, 0.5) is 5.13 Å². The van der Waals surface area contributed by atoms with Crippen LogP contribution >= 0.6 is 23.1 Å². The van der Waals surface area contributed by atoms with Crippen molar-refractivity contribution in [2.75, 3.05) is 18.6 Å². The van der Waals surface area contributed by atoms with Gasteiger partial charge in [0.05, 0.1) is 24.6 Å². The number of nitrogen functional groups attached to an aromatic ring is 1. The minimum absolute atomic E-state index is 0.0875. The van der Waals surface area contributed by atoms with Gasteiger partial charge in [-0.1, -0.05) is 65.6 Å². The van der Waals surface area contributed by atoms with E-state index in [0.717, 1.165) is 22.6 Å². The van der Waals surface area contributed by atoms with Gasteiger partial charge >= 0.3 is 0 Å². The molecule has 1 unspecified atom stereocenters. The number of carbonyl (C=O) groups excluding carboxylic acids is 1. The summed E-state index contributed by atoms with van der Waals surface area (Å²) in [7, 11) is 1.63. The fourth-order valence-electron chi connectivity index (χ4n) is 3.10. The Kier molecular flexibility index (Phi) is 5.77. The van der Waals surface area contributed by atoms with E-state index in [1.807, 2.05) is 54.6 Å². The summed E-state index contributed by atoms with van der Waals surface area (Å²) in [5.41, 5.74) is 8.54. The molecular weight excluding hydrogens is 406 g/mol. The monoisotopic (exact) mass is 425 g/mol. The number of hydrogen-bond acceptors (Lipinski definition) is 8. The highest BCUT2D eigenvalue weighted by molar-refractivity contribution is 8.01. The summed E-state index contributed by atoms with van der Waals surface area (Å²) in [6, 6.07) is 17.5. The number of hydrazone groups is 1. The number of methoxy groups -OCH3 is 1. The number of amides is 1. The number of benzene rings is 2. The van der Waals surface area contributed by atoms with Gasteiger partial charge in [0.1, 0.15) is 5.75 Å². The van der Waals surface area contributed by atoms with E-state index in [4.69, 9.17) is 10.5 Å². The van der Waals surface area contributed by atoms with Crippen LogP contribution in [0, 0.1) is 0 Å². The predicted octanol–water partition coefficient (Wildman–Crippen LogP) is 3.60. The van der Waals surface area contributed by atoms with Crippen LogP contribution in [0.5, 0.6) is 5.75 Å². The molecule has 1 amide bonds. The van der Waals surface area contributed by atoms with Crippen LogP contribution in [-0.4, -0.2) is 39.7 Å². The van der Waals surface area contributed by atoms with Crippen molar-refractivity contribution in [3.63, 3.8) is 0 Å². The molecule has 9 heteroatoms. The summed E-state index contributed by atoms with van der Waals surface area (Å²) in [5, 5.41) is 14.4. The second kappa shape index (κ2) is 8.62. The number of rotatable bonds is 6. The van der Waals surface area contributed by atoms with Crippen molar-refractivity contribution < 1.29 is 9.53 Å². The number of carbonyl (C=O) groups is 1. The lowest BCUT2D eigenvalue weighted by atomic mass is 9.98. The summed E-state index contributed by atoms with van der Waals surface area (Å²) in [4.78, 5) is 13.0. The van der Waals surface area contributed by atoms with Crippen LogP contribution in [0.1, 0.15) is 23.6 Å². The number of anilines is 1. The topological polar surface area (TPSA) is 93.7 Å². The van der Waals surface area contributed by atoms with E-state index < -0.39 is 0 Å². The molecule has 0 spiro atoms. The van der Waals surface area contributed by atoms with Crippen molar-refractivity contribution in [3.8, 4) is 5.75 Å². The first-order valence-electron chi connectivity index (χ1n) is 8.94. The summed E-state index contributed by atoms with van der Waals surface area (Å²) < 4.78 is 5.92. The highest BCUT2D eigenvalue weighted by atomic mass is 32.2. The molecular formula is C20H19N5O2S2. The second-order valence-corrected chi connectivity index (χ2v) is 8.57. The highest BCUT2D eigenvalue weighted by Gasteiger charge is 2.33. The molecule has 2 N–H and O–H groups in total. The fraction of sp³-hybridized carbons (Fsp3) is 0.200. The Labute approximate surface area is 176 Å². The van der Waals surface area contributed by atoms with E-state index in [2.05, 4.69) is 15.3 Å². The van der Waals surface area contributed by atoms with Crippen LogP contribution in [0.3, 0.4) is 0 Å². The normalized spacial score (nSPS) is 16.0. The van der Waals surface area contributed by atoms with E-state index in [0.29, 0.717) is 15.9 Å². The molecule has 2 heterocycles. The van der Waals surface area contributed by atoms with Crippen LogP contribution in [0.25, 0.3) is 0 Å². The van der Waals surface area contributed by atoms with Crippen molar-refractivity contribution in [3.05, 3.63) is 65.7 Å². The van der Waals surface area contributed by atoms with Crippen molar-refractivity contribution >= 4 is 39.8 Å². The van der Waals surface area contributed by atoms with Gasteiger partial charge in [-0.25, -0.2) is 5.01 Å². The van der Waals surface area contributed by atoms with Crippen molar-refractivity contribution in [1.82, 2.24) is 15.2 Å². The number of nitrogens with two attached hydrogens (primary N) is 1. The molecule has 0 radical (unpaired) electrons. The van der Waals surface area contributed by atoms with Gasteiger partial charge in [0, 0.05) is 6.42 Å². The maximum Gasteiger partial charge on any atom is 0.253 e. The SMILES string of the molecule is COc1ccc(C2CC(c3ccccc3)=NN2C(=O)CSc2nnc(N)s2)cc1. The van der Waals surface area contributed by atoms with Gasteiger partial charge in [-0.2, -0.15) is 5.10 Å². The van der Waals surface area contributed by atoms with Gasteiger partial charge in [-0.05, 0) is 23.3 Å². The average Bonchev–Trinajstić information content (AvgIpc) is 3.39. The van der Waals surface area contributed by atoms with Gasteiger partial charge in [0.25, 0.3) is 5.91 Å². The molecule has 3 aromatic rings. The highest BCUT2D eigenvalue weighted by Crippen LogP contribution is 2.34. The number of thioether (sulfide) groups is 1. The molecule has 0 fully saturated rings. The molecule has 0 aliphatic carbocycles. The van der Waals surface area contributed by atoms with E-state index in [9.17, 15) is 4.79 Å². The lowest BCUT2D eigenvalue weighted by molar-refractivity contribution is -0.130. The summed E-state index contributed by atoms with van der Waals surface area (Å²) in [6.07, 6.45) is 0.651. The zero-order valence-electron chi connectivity index (χ0n) is 15.7. The second-order valence-electron chi connectivity index (χ2n) is 6.34. The van der Waals surface area contributed by atoms with Gasteiger partial charge in [0.15, 0.2) is 4.34 Å². The molecule has 29 heavy (non-hydrogen) atoms. The number of hydrogen-bond donors (Lipinski definition) is 1. The third-order valence-corrected chi connectivity index (χ3v) is 6.39. The van der Waals surface area contributed by atoms with Crippen molar-refractivity contribution in [1.29, 1.82) is 0 Å². The molecule has 1 atom stereocenters. The van der Waals surface area contributed by atoms with Gasteiger partial charge < -0.3 is 10.5 Å². The maximum atomic E-state index is 13.0. The summed E-state index contributed by atoms with van der Waals surface area (Å²) in [6.45, 7) is 0. The molecule has 1 aromatic heterocycles. The molecule has 4 rings (SSSR count). The first-order chi connectivity index (χ1) is 14.1. The van der Waals surface area contributed by atoms with Crippen molar-refractivity contribution in [2.24, 2.45) is 5.10 Å². The fourth-order valence-corrected chi connectivity index (χ4v) is 4.59. The quantitative estimate of drug-likeness (QED) is 0.607. The van der Waals surface area contributed by atoms with Gasteiger partial charge in [-0.15, -0.1) is 10.2 Å². The summed E-state index contributed by atoms with van der Waals surface area (Å²) in [5.74, 6) is 0.904. The lowest BCUT2D eigenvalue weighted by Gasteiger charge is -2.22. The smallest absolute Gasteiger partial charge is 0.253 e. The third kappa shape index (κ3) is 4.41.